The Kier molecular flexibility index (Phi) is 4.38. The van der Waals surface area contributed by atoms with E-state index in [9.17, 15) is 8.42 Å². The van der Waals surface area contributed by atoms with Crippen molar-refractivity contribution >= 4 is 21.1 Å². The predicted molar refractivity (Wildman–Crippen MR) is 91.1 cm³/mol. The van der Waals surface area contributed by atoms with Gasteiger partial charge in [0, 0.05) is 6.04 Å². The van der Waals surface area contributed by atoms with E-state index >= 15 is 0 Å². The van der Waals surface area contributed by atoms with Crippen LogP contribution in [0.4, 0.5) is 0 Å². The lowest BCUT2D eigenvalue weighted by atomic mass is 10.0. The van der Waals surface area contributed by atoms with Crippen molar-refractivity contribution in [2.75, 3.05) is 0 Å². The van der Waals surface area contributed by atoms with Gasteiger partial charge in [0.05, 0.1) is 0 Å². The highest BCUT2D eigenvalue weighted by molar-refractivity contribution is 7.89. The van der Waals surface area contributed by atoms with E-state index in [4.69, 9.17) is 0 Å². The number of sulfonamides is 1. The van der Waals surface area contributed by atoms with Crippen LogP contribution < -0.4 is 4.72 Å². The van der Waals surface area contributed by atoms with Crippen LogP contribution in [-0.2, 0) is 10.0 Å². The van der Waals surface area contributed by atoms with Gasteiger partial charge in [0.25, 0.3) is 0 Å². The first kappa shape index (κ1) is 16.6. The zero-order valence-electron chi connectivity index (χ0n) is 13.8. The molecule has 24 heavy (non-hydrogen) atoms. The van der Waals surface area contributed by atoms with Crippen molar-refractivity contribution in [2.45, 2.75) is 38.1 Å². The van der Waals surface area contributed by atoms with E-state index in [2.05, 4.69) is 19.7 Å². The highest BCUT2D eigenvalue weighted by Gasteiger charge is 2.24. The number of fused-ring (bicyclic) bond motifs is 1. The molecule has 0 radical (unpaired) electrons. The van der Waals surface area contributed by atoms with Crippen LogP contribution in [-0.4, -0.2) is 18.7 Å². The van der Waals surface area contributed by atoms with Gasteiger partial charge in [-0.25, -0.2) is 17.8 Å². The minimum atomic E-state index is -3.75. The standard InChI is InChI=1S/C17H19N3O3S/c1-4-14(13-9-8-11(2)12(3)10-13)20-24(21,22)16-7-5-6-15-17(16)19-23-18-15/h5-10,14,20H,4H2,1-3H3/t14-/m0/s1. The molecule has 0 aliphatic heterocycles. The molecule has 3 rings (SSSR count). The van der Waals surface area contributed by atoms with Gasteiger partial charge in [-0.3, -0.25) is 0 Å². The van der Waals surface area contributed by atoms with Gasteiger partial charge < -0.3 is 0 Å². The third-order valence-corrected chi connectivity index (χ3v) is 5.68. The van der Waals surface area contributed by atoms with Crippen LogP contribution >= 0.6 is 0 Å². The molecule has 6 nitrogen and oxygen atoms in total. The summed E-state index contributed by atoms with van der Waals surface area (Å²) >= 11 is 0. The molecule has 0 saturated heterocycles. The minimum Gasteiger partial charge on any atom is -0.243 e. The van der Waals surface area contributed by atoms with Crippen molar-refractivity contribution < 1.29 is 13.0 Å². The Morgan fingerprint density at radius 1 is 1.12 bits per heavy atom. The van der Waals surface area contributed by atoms with Gasteiger partial charge in [-0.1, -0.05) is 31.2 Å². The molecular formula is C17H19N3O3S. The molecule has 1 aromatic heterocycles. The summed E-state index contributed by atoms with van der Waals surface area (Å²) in [6, 6.07) is 10.4. The summed E-state index contributed by atoms with van der Waals surface area (Å²) in [7, 11) is -3.75. The molecule has 0 spiro atoms. The molecular weight excluding hydrogens is 326 g/mol. The molecule has 0 fully saturated rings. The Labute approximate surface area is 140 Å². The first-order chi connectivity index (χ1) is 11.4. The lowest BCUT2D eigenvalue weighted by Crippen LogP contribution is -2.28. The smallest absolute Gasteiger partial charge is 0.243 e. The quantitative estimate of drug-likeness (QED) is 0.767. The van der Waals surface area contributed by atoms with Crippen LogP contribution in [0.3, 0.4) is 0 Å². The molecule has 7 heteroatoms. The fourth-order valence-corrected chi connectivity index (χ4v) is 4.08. The first-order valence-corrected chi connectivity index (χ1v) is 9.21. The average Bonchev–Trinajstić information content (AvgIpc) is 3.03. The Hall–Kier alpha value is -2.25. The zero-order chi connectivity index (χ0) is 17.3. The van der Waals surface area contributed by atoms with Crippen molar-refractivity contribution in [3.05, 3.63) is 53.1 Å². The molecule has 0 bridgehead atoms. The Morgan fingerprint density at radius 3 is 2.62 bits per heavy atom. The topological polar surface area (TPSA) is 85.1 Å². The molecule has 0 aliphatic rings. The number of hydrogen-bond donors (Lipinski definition) is 1. The second-order valence-electron chi connectivity index (χ2n) is 5.81. The Morgan fingerprint density at radius 2 is 1.92 bits per heavy atom. The van der Waals surface area contributed by atoms with Gasteiger partial charge in [0.1, 0.15) is 10.4 Å². The summed E-state index contributed by atoms with van der Waals surface area (Å²) in [6.07, 6.45) is 0.634. The predicted octanol–water partition coefficient (Wildman–Crippen LogP) is 3.27. The van der Waals surface area contributed by atoms with Gasteiger partial charge in [-0.15, -0.1) is 0 Å². The van der Waals surface area contributed by atoms with E-state index in [0.29, 0.717) is 11.9 Å². The minimum absolute atomic E-state index is 0.0727. The van der Waals surface area contributed by atoms with Gasteiger partial charge in [0.15, 0.2) is 5.52 Å². The summed E-state index contributed by atoms with van der Waals surface area (Å²) in [5, 5.41) is 7.40. The number of hydrogen-bond acceptors (Lipinski definition) is 5. The molecule has 1 atom stereocenters. The van der Waals surface area contributed by atoms with E-state index in [0.717, 1.165) is 11.1 Å². The van der Waals surface area contributed by atoms with E-state index in [1.54, 1.807) is 12.1 Å². The number of nitrogens with zero attached hydrogens (tertiary/aromatic N) is 2. The lowest BCUT2D eigenvalue weighted by molar-refractivity contribution is 0.315. The van der Waals surface area contributed by atoms with Crippen LogP contribution in [0.2, 0.25) is 0 Å². The molecule has 3 aromatic rings. The molecule has 126 valence electrons. The molecule has 0 aliphatic carbocycles. The molecule has 2 aromatic carbocycles. The molecule has 1 N–H and O–H groups in total. The second kappa shape index (κ2) is 6.33. The zero-order valence-corrected chi connectivity index (χ0v) is 14.6. The summed E-state index contributed by atoms with van der Waals surface area (Å²) in [5.41, 5.74) is 3.90. The van der Waals surface area contributed by atoms with Crippen molar-refractivity contribution in [3.8, 4) is 0 Å². The van der Waals surface area contributed by atoms with E-state index in [1.165, 1.54) is 11.6 Å². The summed E-state index contributed by atoms with van der Waals surface area (Å²) in [4.78, 5) is 0.0727. The van der Waals surface area contributed by atoms with E-state index in [-0.39, 0.29) is 16.5 Å². The van der Waals surface area contributed by atoms with E-state index in [1.807, 2.05) is 39.0 Å². The van der Waals surface area contributed by atoms with Crippen LogP contribution in [0, 0.1) is 13.8 Å². The highest BCUT2D eigenvalue weighted by Crippen LogP contribution is 2.25. The molecule has 1 heterocycles. The maximum Gasteiger partial charge on any atom is 0.243 e. The maximum atomic E-state index is 12.8. The molecule has 0 amide bonds. The Balaban J connectivity index is 1.97. The first-order valence-electron chi connectivity index (χ1n) is 7.73. The van der Waals surface area contributed by atoms with Crippen LogP contribution in [0.15, 0.2) is 45.9 Å². The second-order valence-corrected chi connectivity index (χ2v) is 7.50. The van der Waals surface area contributed by atoms with Crippen molar-refractivity contribution in [2.24, 2.45) is 0 Å². The van der Waals surface area contributed by atoms with Gasteiger partial charge >= 0.3 is 0 Å². The fourth-order valence-electron chi connectivity index (χ4n) is 2.62. The van der Waals surface area contributed by atoms with Gasteiger partial charge in [-0.2, -0.15) is 0 Å². The third-order valence-electron chi connectivity index (χ3n) is 4.18. The van der Waals surface area contributed by atoms with Gasteiger partial charge in [0.2, 0.25) is 10.0 Å². The van der Waals surface area contributed by atoms with Crippen molar-refractivity contribution in [3.63, 3.8) is 0 Å². The van der Waals surface area contributed by atoms with Gasteiger partial charge in [-0.05, 0) is 59.4 Å². The number of nitrogens with one attached hydrogen (secondary N) is 1. The highest BCUT2D eigenvalue weighted by atomic mass is 32.2. The molecule has 0 saturated carbocycles. The average molecular weight is 345 g/mol. The SMILES string of the molecule is CC[C@H](NS(=O)(=O)c1cccc2nonc12)c1ccc(C)c(C)c1. The summed E-state index contributed by atoms with van der Waals surface area (Å²) in [6.45, 7) is 5.99. The monoisotopic (exact) mass is 345 g/mol. The number of benzene rings is 2. The lowest BCUT2D eigenvalue weighted by Gasteiger charge is -2.18. The number of rotatable bonds is 5. The third kappa shape index (κ3) is 3.05. The number of aryl methyl sites for hydroxylation is 2. The summed E-state index contributed by atoms with van der Waals surface area (Å²) in [5.74, 6) is 0. The van der Waals surface area contributed by atoms with Crippen molar-refractivity contribution in [1.29, 1.82) is 0 Å². The largest absolute Gasteiger partial charge is 0.243 e. The number of aromatic nitrogens is 2. The fraction of sp³-hybridized carbons (Fsp3) is 0.294. The van der Waals surface area contributed by atoms with Crippen molar-refractivity contribution in [1.82, 2.24) is 15.0 Å². The summed E-state index contributed by atoms with van der Waals surface area (Å²) < 4.78 is 33.1. The maximum absolute atomic E-state index is 12.8. The molecule has 0 unspecified atom stereocenters. The van der Waals surface area contributed by atoms with E-state index < -0.39 is 10.0 Å². The van der Waals surface area contributed by atoms with Crippen LogP contribution in [0.25, 0.3) is 11.0 Å². The van der Waals surface area contributed by atoms with Crippen LogP contribution in [0.1, 0.15) is 36.1 Å². The van der Waals surface area contributed by atoms with Crippen LogP contribution in [0.5, 0.6) is 0 Å². The Bertz CT molecular complexity index is 980. The normalized spacial score (nSPS) is 13.3.